The van der Waals surface area contributed by atoms with Crippen LogP contribution < -0.4 is 16.4 Å². The summed E-state index contributed by atoms with van der Waals surface area (Å²) in [7, 11) is 0. The zero-order valence-electron chi connectivity index (χ0n) is 14.4. The van der Waals surface area contributed by atoms with Crippen molar-refractivity contribution in [3.8, 4) is 0 Å². The van der Waals surface area contributed by atoms with Crippen molar-refractivity contribution >= 4 is 33.9 Å². The standard InChI is InChI=1S/C18H18N4O3S/c1-3-6-11-9-14(26-10(11)2)17(24)21-22-18(25)15-12-7-4-5-8-13(12)16(23)20-19-15/h4-5,7-9H,3,6H2,1-2H3,(H,20,23)(H,21,24)(H,22,25). The molecule has 0 aliphatic carbocycles. The summed E-state index contributed by atoms with van der Waals surface area (Å²) in [6.07, 6.45) is 1.91. The van der Waals surface area contributed by atoms with E-state index in [1.165, 1.54) is 11.3 Å². The van der Waals surface area contributed by atoms with Crippen molar-refractivity contribution in [2.75, 3.05) is 0 Å². The highest BCUT2D eigenvalue weighted by atomic mass is 32.1. The lowest BCUT2D eigenvalue weighted by molar-refractivity contribution is 0.0846. The van der Waals surface area contributed by atoms with Gasteiger partial charge >= 0.3 is 0 Å². The number of nitrogens with zero attached hydrogens (tertiary/aromatic N) is 1. The van der Waals surface area contributed by atoms with Crippen molar-refractivity contribution in [1.29, 1.82) is 0 Å². The molecule has 3 rings (SSSR count). The maximum absolute atomic E-state index is 12.4. The molecule has 3 aromatic rings. The first kappa shape index (κ1) is 17.8. The van der Waals surface area contributed by atoms with Crippen molar-refractivity contribution in [3.63, 3.8) is 0 Å². The number of amides is 2. The third kappa shape index (κ3) is 3.50. The van der Waals surface area contributed by atoms with Crippen molar-refractivity contribution in [3.05, 3.63) is 61.7 Å². The molecule has 0 radical (unpaired) electrons. The second-order valence-corrected chi connectivity index (χ2v) is 7.05. The third-order valence-electron chi connectivity index (χ3n) is 3.96. The van der Waals surface area contributed by atoms with Crippen LogP contribution in [0.15, 0.2) is 35.1 Å². The average molecular weight is 370 g/mol. The van der Waals surface area contributed by atoms with Gasteiger partial charge in [0.15, 0.2) is 5.69 Å². The molecule has 3 N–H and O–H groups in total. The largest absolute Gasteiger partial charge is 0.290 e. The SMILES string of the molecule is CCCc1cc(C(=O)NNC(=O)c2n[nH]c(=O)c3ccccc23)sc1C. The molecule has 0 fully saturated rings. The van der Waals surface area contributed by atoms with Crippen LogP contribution in [0.2, 0.25) is 0 Å². The Balaban J connectivity index is 1.75. The van der Waals surface area contributed by atoms with Crippen LogP contribution >= 0.6 is 11.3 Å². The number of hydrogen-bond donors (Lipinski definition) is 3. The van der Waals surface area contributed by atoms with Gasteiger partial charge in [-0.3, -0.25) is 25.2 Å². The molecule has 2 heterocycles. The molecule has 0 atom stereocenters. The highest BCUT2D eigenvalue weighted by Crippen LogP contribution is 2.22. The Morgan fingerprint density at radius 1 is 1.15 bits per heavy atom. The Labute approximate surface area is 153 Å². The zero-order chi connectivity index (χ0) is 18.7. The van der Waals surface area contributed by atoms with E-state index in [9.17, 15) is 14.4 Å². The molecule has 0 saturated heterocycles. The predicted molar refractivity (Wildman–Crippen MR) is 100 cm³/mol. The Hall–Kier alpha value is -3.00. The van der Waals surface area contributed by atoms with Gasteiger partial charge in [0.2, 0.25) is 0 Å². The van der Waals surface area contributed by atoms with Crippen LogP contribution in [0.3, 0.4) is 0 Å². The van der Waals surface area contributed by atoms with E-state index in [4.69, 9.17) is 0 Å². The number of thiophene rings is 1. The first-order valence-electron chi connectivity index (χ1n) is 8.18. The average Bonchev–Trinajstić information content (AvgIpc) is 3.01. The molecular weight excluding hydrogens is 352 g/mol. The fraction of sp³-hybridized carbons (Fsp3) is 0.222. The third-order valence-corrected chi connectivity index (χ3v) is 5.06. The van der Waals surface area contributed by atoms with Gasteiger partial charge in [0.05, 0.1) is 10.3 Å². The fourth-order valence-corrected chi connectivity index (χ4v) is 3.64. The van der Waals surface area contributed by atoms with Crippen molar-refractivity contribution in [1.82, 2.24) is 21.0 Å². The number of aromatic nitrogens is 2. The van der Waals surface area contributed by atoms with Gasteiger partial charge in [0.1, 0.15) is 0 Å². The maximum Gasteiger partial charge on any atom is 0.290 e. The minimum absolute atomic E-state index is 0.0366. The number of carbonyl (C=O) groups is 2. The summed E-state index contributed by atoms with van der Waals surface area (Å²) in [6, 6.07) is 8.50. The lowest BCUT2D eigenvalue weighted by Gasteiger charge is -2.07. The van der Waals surface area contributed by atoms with E-state index in [1.54, 1.807) is 24.3 Å². The van der Waals surface area contributed by atoms with Crippen molar-refractivity contribution in [2.24, 2.45) is 0 Å². The summed E-state index contributed by atoms with van der Waals surface area (Å²) in [5.41, 5.74) is 5.55. The minimum atomic E-state index is -0.604. The number of hydrazine groups is 1. The molecule has 0 aliphatic heterocycles. The first-order chi connectivity index (χ1) is 12.5. The molecule has 0 unspecified atom stereocenters. The molecule has 0 bridgehead atoms. The summed E-state index contributed by atoms with van der Waals surface area (Å²) < 4.78 is 0. The molecule has 0 aliphatic rings. The Morgan fingerprint density at radius 2 is 1.85 bits per heavy atom. The van der Waals surface area contributed by atoms with Crippen LogP contribution in [-0.4, -0.2) is 22.0 Å². The first-order valence-corrected chi connectivity index (χ1v) is 9.00. The van der Waals surface area contributed by atoms with Crippen LogP contribution in [0.1, 0.15) is 43.9 Å². The number of nitrogens with one attached hydrogen (secondary N) is 3. The number of hydrogen-bond acceptors (Lipinski definition) is 5. The Bertz CT molecular complexity index is 1040. The number of fused-ring (bicyclic) bond motifs is 1. The molecule has 7 nitrogen and oxygen atoms in total. The van der Waals surface area contributed by atoms with Crippen LogP contribution in [0.5, 0.6) is 0 Å². The minimum Gasteiger partial charge on any atom is -0.267 e. The van der Waals surface area contributed by atoms with Crippen LogP contribution in [0, 0.1) is 6.92 Å². The molecule has 26 heavy (non-hydrogen) atoms. The van der Waals surface area contributed by atoms with Gasteiger partial charge in [-0.15, -0.1) is 11.3 Å². The summed E-state index contributed by atoms with van der Waals surface area (Å²) in [6.45, 7) is 4.06. The van der Waals surface area contributed by atoms with Crippen molar-refractivity contribution < 1.29 is 9.59 Å². The zero-order valence-corrected chi connectivity index (χ0v) is 15.2. The molecular formula is C18H18N4O3S. The number of benzene rings is 1. The van der Waals surface area contributed by atoms with E-state index < -0.39 is 5.91 Å². The summed E-state index contributed by atoms with van der Waals surface area (Å²) in [5, 5.41) is 6.87. The van der Waals surface area contributed by atoms with E-state index >= 15 is 0 Å². The van der Waals surface area contributed by atoms with Gasteiger partial charge in [0.25, 0.3) is 17.4 Å². The number of carbonyl (C=O) groups excluding carboxylic acids is 2. The van der Waals surface area contributed by atoms with Crippen LogP contribution in [0.25, 0.3) is 10.8 Å². The Morgan fingerprint density at radius 3 is 2.58 bits per heavy atom. The molecule has 0 spiro atoms. The summed E-state index contributed by atoms with van der Waals surface area (Å²) in [4.78, 5) is 38.0. The quantitative estimate of drug-likeness (QED) is 0.613. The molecule has 134 valence electrons. The maximum atomic E-state index is 12.4. The molecule has 1 aromatic carbocycles. The highest BCUT2D eigenvalue weighted by Gasteiger charge is 2.16. The van der Waals surface area contributed by atoms with E-state index in [0.29, 0.717) is 15.6 Å². The van der Waals surface area contributed by atoms with E-state index in [2.05, 4.69) is 28.0 Å². The van der Waals surface area contributed by atoms with E-state index in [-0.39, 0.29) is 17.2 Å². The smallest absolute Gasteiger partial charge is 0.267 e. The Kier molecular flexibility index (Phi) is 5.13. The second-order valence-electron chi connectivity index (χ2n) is 5.80. The molecule has 8 heteroatoms. The van der Waals surface area contributed by atoms with Gasteiger partial charge in [0, 0.05) is 10.3 Å². The van der Waals surface area contributed by atoms with Gasteiger partial charge in [-0.25, -0.2) is 5.10 Å². The van der Waals surface area contributed by atoms with Gasteiger partial charge in [-0.1, -0.05) is 31.5 Å². The fourth-order valence-electron chi connectivity index (χ4n) is 2.67. The van der Waals surface area contributed by atoms with E-state index in [0.717, 1.165) is 23.3 Å². The predicted octanol–water partition coefficient (Wildman–Crippen LogP) is 2.32. The molecule has 2 aromatic heterocycles. The molecule has 0 saturated carbocycles. The lowest BCUT2D eigenvalue weighted by atomic mass is 10.1. The summed E-state index contributed by atoms with van der Waals surface area (Å²) >= 11 is 1.39. The van der Waals surface area contributed by atoms with Crippen LogP contribution in [-0.2, 0) is 6.42 Å². The normalized spacial score (nSPS) is 10.7. The molecule has 2 amide bonds. The highest BCUT2D eigenvalue weighted by molar-refractivity contribution is 7.14. The van der Waals surface area contributed by atoms with Crippen molar-refractivity contribution in [2.45, 2.75) is 26.7 Å². The number of H-pyrrole nitrogens is 1. The van der Waals surface area contributed by atoms with E-state index in [1.807, 2.05) is 13.0 Å². The number of aryl methyl sites for hydroxylation is 2. The van der Waals surface area contributed by atoms with Crippen LogP contribution in [0.4, 0.5) is 0 Å². The summed E-state index contributed by atoms with van der Waals surface area (Å²) in [5.74, 6) is -0.990. The second kappa shape index (κ2) is 7.49. The lowest BCUT2D eigenvalue weighted by Crippen LogP contribution is -2.42. The topological polar surface area (TPSA) is 104 Å². The van der Waals surface area contributed by atoms with Gasteiger partial charge in [-0.2, -0.15) is 5.10 Å². The van der Waals surface area contributed by atoms with Gasteiger partial charge in [-0.05, 0) is 31.0 Å². The monoisotopic (exact) mass is 370 g/mol. The number of rotatable bonds is 4. The number of aromatic amines is 1. The van der Waals surface area contributed by atoms with Gasteiger partial charge < -0.3 is 0 Å².